The summed E-state index contributed by atoms with van der Waals surface area (Å²) in [6, 6.07) is 0.779. The summed E-state index contributed by atoms with van der Waals surface area (Å²) in [4.78, 5) is 2.52. The van der Waals surface area contributed by atoms with E-state index in [2.05, 4.69) is 17.3 Å². The van der Waals surface area contributed by atoms with E-state index in [1.165, 1.54) is 58.2 Å². The molecule has 100 valence electrons. The average Bonchev–Trinajstić information content (AvgIpc) is 2.39. The van der Waals surface area contributed by atoms with E-state index in [-0.39, 0.29) is 0 Å². The van der Waals surface area contributed by atoms with E-state index in [1.54, 1.807) is 0 Å². The fraction of sp³-hybridized carbons (Fsp3) is 1.00. The van der Waals surface area contributed by atoms with Crippen LogP contribution in [0, 0.1) is 5.92 Å². The summed E-state index contributed by atoms with van der Waals surface area (Å²) in [6.45, 7) is 5.69. The van der Waals surface area contributed by atoms with Crippen LogP contribution in [-0.2, 0) is 4.74 Å². The Morgan fingerprint density at radius 3 is 2.71 bits per heavy atom. The number of nitrogens with one attached hydrogen (secondary N) is 1. The standard InChI is InChI=1S/C14H28N2O/c1-16(12-13-6-10-17-11-7-13)9-5-14-4-2-3-8-15-14/h13-15H,2-12H2,1H3. The number of hydrogen-bond acceptors (Lipinski definition) is 3. The Labute approximate surface area is 106 Å². The Bertz CT molecular complexity index is 198. The average molecular weight is 240 g/mol. The summed E-state index contributed by atoms with van der Waals surface area (Å²) >= 11 is 0. The molecule has 2 rings (SSSR count). The van der Waals surface area contributed by atoms with Gasteiger partial charge in [-0.25, -0.2) is 0 Å². The van der Waals surface area contributed by atoms with E-state index in [4.69, 9.17) is 4.74 Å². The van der Waals surface area contributed by atoms with Crippen LogP contribution < -0.4 is 5.32 Å². The molecule has 0 aromatic rings. The SMILES string of the molecule is CN(CCC1CCCCN1)CC1CCOCC1. The summed E-state index contributed by atoms with van der Waals surface area (Å²) in [5.74, 6) is 0.869. The van der Waals surface area contributed by atoms with E-state index in [0.29, 0.717) is 0 Å². The summed E-state index contributed by atoms with van der Waals surface area (Å²) in [5, 5.41) is 3.63. The topological polar surface area (TPSA) is 24.5 Å². The second kappa shape index (κ2) is 7.34. The van der Waals surface area contributed by atoms with Gasteiger partial charge in [-0.2, -0.15) is 0 Å². The highest BCUT2D eigenvalue weighted by Gasteiger charge is 2.17. The quantitative estimate of drug-likeness (QED) is 0.794. The lowest BCUT2D eigenvalue weighted by Gasteiger charge is -2.29. The Morgan fingerprint density at radius 2 is 2.00 bits per heavy atom. The van der Waals surface area contributed by atoms with E-state index >= 15 is 0 Å². The molecule has 2 aliphatic rings. The van der Waals surface area contributed by atoms with Crippen molar-refractivity contribution in [2.45, 2.75) is 44.6 Å². The summed E-state index contributed by atoms with van der Waals surface area (Å²) in [5.41, 5.74) is 0. The molecule has 3 nitrogen and oxygen atoms in total. The zero-order valence-corrected chi connectivity index (χ0v) is 11.3. The minimum atomic E-state index is 0.779. The highest BCUT2D eigenvalue weighted by atomic mass is 16.5. The van der Waals surface area contributed by atoms with Gasteiger partial charge in [-0.15, -0.1) is 0 Å². The van der Waals surface area contributed by atoms with Crippen molar-refractivity contribution in [3.05, 3.63) is 0 Å². The van der Waals surface area contributed by atoms with E-state index < -0.39 is 0 Å². The fourth-order valence-corrected chi connectivity index (χ4v) is 3.01. The Hall–Kier alpha value is -0.120. The predicted octanol–water partition coefficient (Wildman–Crippen LogP) is 1.88. The molecule has 2 fully saturated rings. The smallest absolute Gasteiger partial charge is 0.0469 e. The molecule has 0 saturated carbocycles. The number of rotatable bonds is 5. The molecule has 0 bridgehead atoms. The van der Waals surface area contributed by atoms with E-state index in [0.717, 1.165) is 25.2 Å². The van der Waals surface area contributed by atoms with Gasteiger partial charge in [0.25, 0.3) is 0 Å². The number of ether oxygens (including phenoxy) is 1. The van der Waals surface area contributed by atoms with Crippen molar-refractivity contribution in [1.29, 1.82) is 0 Å². The molecule has 2 aliphatic heterocycles. The fourth-order valence-electron chi connectivity index (χ4n) is 3.01. The van der Waals surface area contributed by atoms with E-state index in [1.807, 2.05) is 0 Å². The molecule has 1 unspecified atom stereocenters. The third-order valence-corrected chi connectivity index (χ3v) is 4.18. The number of nitrogens with zero attached hydrogens (tertiary/aromatic N) is 1. The van der Waals surface area contributed by atoms with Gasteiger partial charge in [0, 0.05) is 25.8 Å². The molecule has 1 N–H and O–H groups in total. The molecule has 3 heteroatoms. The second-order valence-electron chi connectivity index (χ2n) is 5.75. The van der Waals surface area contributed by atoms with Gasteiger partial charge in [-0.3, -0.25) is 0 Å². The highest BCUT2D eigenvalue weighted by molar-refractivity contribution is 4.74. The largest absolute Gasteiger partial charge is 0.381 e. The highest BCUT2D eigenvalue weighted by Crippen LogP contribution is 2.16. The first-order valence-corrected chi connectivity index (χ1v) is 7.34. The molecule has 2 heterocycles. The van der Waals surface area contributed by atoms with Crippen molar-refractivity contribution in [2.24, 2.45) is 5.92 Å². The third kappa shape index (κ3) is 4.94. The molecule has 0 radical (unpaired) electrons. The Balaban J connectivity index is 1.57. The lowest BCUT2D eigenvalue weighted by Crippen LogP contribution is -2.38. The summed E-state index contributed by atoms with van der Waals surface area (Å²) < 4.78 is 5.41. The first-order chi connectivity index (χ1) is 8.34. The van der Waals surface area contributed by atoms with Crippen molar-refractivity contribution in [3.8, 4) is 0 Å². The van der Waals surface area contributed by atoms with Gasteiger partial charge >= 0.3 is 0 Å². The molecular formula is C14H28N2O. The van der Waals surface area contributed by atoms with Gasteiger partial charge in [0.05, 0.1) is 0 Å². The van der Waals surface area contributed by atoms with Crippen molar-refractivity contribution in [1.82, 2.24) is 10.2 Å². The zero-order valence-electron chi connectivity index (χ0n) is 11.3. The van der Waals surface area contributed by atoms with Crippen LogP contribution in [0.3, 0.4) is 0 Å². The molecule has 2 saturated heterocycles. The van der Waals surface area contributed by atoms with E-state index in [9.17, 15) is 0 Å². The molecule has 0 spiro atoms. The number of hydrogen-bond donors (Lipinski definition) is 1. The van der Waals surface area contributed by atoms with Crippen LogP contribution in [0.5, 0.6) is 0 Å². The molecule has 0 aromatic heterocycles. The van der Waals surface area contributed by atoms with Gasteiger partial charge in [-0.1, -0.05) is 6.42 Å². The van der Waals surface area contributed by atoms with Crippen molar-refractivity contribution < 1.29 is 4.74 Å². The van der Waals surface area contributed by atoms with Gasteiger partial charge < -0.3 is 15.0 Å². The Morgan fingerprint density at radius 1 is 1.18 bits per heavy atom. The minimum Gasteiger partial charge on any atom is -0.381 e. The van der Waals surface area contributed by atoms with Crippen LogP contribution in [0.2, 0.25) is 0 Å². The molecule has 0 amide bonds. The van der Waals surface area contributed by atoms with Crippen LogP contribution in [0.25, 0.3) is 0 Å². The Kier molecular flexibility index (Phi) is 5.75. The lowest BCUT2D eigenvalue weighted by atomic mass is 9.99. The van der Waals surface area contributed by atoms with Crippen LogP contribution in [0.15, 0.2) is 0 Å². The minimum absolute atomic E-state index is 0.779. The first-order valence-electron chi connectivity index (χ1n) is 7.34. The maximum atomic E-state index is 5.41. The molecule has 0 aromatic carbocycles. The maximum Gasteiger partial charge on any atom is 0.0469 e. The molecule has 17 heavy (non-hydrogen) atoms. The zero-order chi connectivity index (χ0) is 11.9. The summed E-state index contributed by atoms with van der Waals surface area (Å²) in [6.07, 6.45) is 8.00. The van der Waals surface area contributed by atoms with Crippen LogP contribution in [0.4, 0.5) is 0 Å². The third-order valence-electron chi connectivity index (χ3n) is 4.18. The van der Waals surface area contributed by atoms with Crippen molar-refractivity contribution in [3.63, 3.8) is 0 Å². The lowest BCUT2D eigenvalue weighted by molar-refractivity contribution is 0.0552. The van der Waals surface area contributed by atoms with Gasteiger partial charge in [0.15, 0.2) is 0 Å². The van der Waals surface area contributed by atoms with Gasteiger partial charge in [0.2, 0.25) is 0 Å². The second-order valence-corrected chi connectivity index (χ2v) is 5.75. The predicted molar refractivity (Wildman–Crippen MR) is 71.3 cm³/mol. The molecule has 0 aliphatic carbocycles. The normalized spacial score (nSPS) is 27.5. The van der Waals surface area contributed by atoms with Crippen molar-refractivity contribution >= 4 is 0 Å². The number of piperidine rings is 1. The van der Waals surface area contributed by atoms with Crippen LogP contribution >= 0.6 is 0 Å². The maximum absolute atomic E-state index is 5.41. The summed E-state index contributed by atoms with van der Waals surface area (Å²) in [7, 11) is 2.28. The monoisotopic (exact) mass is 240 g/mol. The van der Waals surface area contributed by atoms with Crippen LogP contribution in [-0.4, -0.2) is 50.8 Å². The van der Waals surface area contributed by atoms with Gasteiger partial charge in [0.1, 0.15) is 0 Å². The van der Waals surface area contributed by atoms with Crippen LogP contribution in [0.1, 0.15) is 38.5 Å². The molecule has 1 atom stereocenters. The van der Waals surface area contributed by atoms with Crippen molar-refractivity contribution in [2.75, 3.05) is 39.9 Å². The first kappa shape index (κ1) is 13.3. The molecular weight excluding hydrogens is 212 g/mol. The van der Waals surface area contributed by atoms with Gasteiger partial charge in [-0.05, 0) is 58.2 Å².